The van der Waals surface area contributed by atoms with Crippen LogP contribution < -0.4 is 5.32 Å². The van der Waals surface area contributed by atoms with E-state index in [4.69, 9.17) is 11.6 Å². The molecule has 2 aromatic carbocycles. The molecule has 4 heteroatoms. The summed E-state index contributed by atoms with van der Waals surface area (Å²) in [7, 11) is 0. The predicted octanol–water partition coefficient (Wildman–Crippen LogP) is 4.28. The molecule has 0 aliphatic carbocycles. The quantitative estimate of drug-likeness (QED) is 0.867. The van der Waals surface area contributed by atoms with E-state index < -0.39 is 0 Å². The minimum Gasteiger partial charge on any atom is -0.344 e. The Morgan fingerprint density at radius 2 is 1.68 bits per heavy atom. The van der Waals surface area contributed by atoms with Gasteiger partial charge in [0.1, 0.15) is 0 Å². The van der Waals surface area contributed by atoms with Crippen molar-refractivity contribution >= 4 is 17.5 Å². The number of likely N-dealkylation sites (tertiary alicyclic amines) is 1. The zero-order valence-electron chi connectivity index (χ0n) is 14.6. The number of amides is 1. The topological polar surface area (TPSA) is 32.3 Å². The van der Waals surface area contributed by atoms with Gasteiger partial charge < -0.3 is 5.32 Å². The summed E-state index contributed by atoms with van der Waals surface area (Å²) in [6, 6.07) is 17.6. The van der Waals surface area contributed by atoms with Crippen LogP contribution in [0.2, 0.25) is 5.02 Å². The van der Waals surface area contributed by atoms with Crippen LogP contribution in [0.3, 0.4) is 0 Å². The monoisotopic (exact) mass is 356 g/mol. The summed E-state index contributed by atoms with van der Waals surface area (Å²) >= 11 is 6.01. The Hall–Kier alpha value is -1.84. The maximum absolute atomic E-state index is 12.6. The molecule has 0 bridgehead atoms. The van der Waals surface area contributed by atoms with E-state index >= 15 is 0 Å². The Morgan fingerprint density at radius 3 is 2.32 bits per heavy atom. The minimum absolute atomic E-state index is 0.0679. The average Bonchev–Trinajstić information content (AvgIpc) is 2.63. The fourth-order valence-electron chi connectivity index (χ4n) is 3.29. The summed E-state index contributed by atoms with van der Waals surface area (Å²) in [5.41, 5.74) is 2.11. The lowest BCUT2D eigenvalue weighted by Gasteiger charge is -2.30. The lowest BCUT2D eigenvalue weighted by Crippen LogP contribution is -2.42. The summed E-state index contributed by atoms with van der Waals surface area (Å²) in [5.74, 6) is 0.837. The van der Waals surface area contributed by atoms with Gasteiger partial charge in [0, 0.05) is 5.02 Å². The number of benzene rings is 2. The van der Waals surface area contributed by atoms with Gasteiger partial charge in [-0.05, 0) is 55.1 Å². The number of hydrogen-bond donors (Lipinski definition) is 1. The van der Waals surface area contributed by atoms with Gasteiger partial charge in [-0.1, -0.05) is 61.0 Å². The molecule has 132 valence electrons. The molecule has 0 aromatic heterocycles. The van der Waals surface area contributed by atoms with Crippen LogP contribution in [0, 0.1) is 5.92 Å². The lowest BCUT2D eigenvalue weighted by molar-refractivity contribution is -0.123. The van der Waals surface area contributed by atoms with Crippen LogP contribution in [0.25, 0.3) is 0 Å². The number of piperidine rings is 1. The molecule has 25 heavy (non-hydrogen) atoms. The van der Waals surface area contributed by atoms with Crippen molar-refractivity contribution in [3.8, 4) is 0 Å². The molecule has 3 nitrogen and oxygen atoms in total. The summed E-state index contributed by atoms with van der Waals surface area (Å²) in [6.45, 7) is 4.75. The van der Waals surface area contributed by atoms with Crippen LogP contribution in [0.1, 0.15) is 36.9 Å². The normalized spacial score (nSPS) is 17.2. The average molecular weight is 357 g/mol. The minimum atomic E-state index is -0.158. The summed E-state index contributed by atoms with van der Waals surface area (Å²) in [5, 5.41) is 3.90. The van der Waals surface area contributed by atoms with E-state index in [1.165, 1.54) is 12.8 Å². The molecule has 1 aliphatic rings. The van der Waals surface area contributed by atoms with Gasteiger partial charge in [0.05, 0.1) is 12.6 Å². The van der Waals surface area contributed by atoms with Gasteiger partial charge in [-0.25, -0.2) is 0 Å². The second-order valence-electron chi connectivity index (χ2n) is 6.92. The molecular formula is C21H25ClN2O. The van der Waals surface area contributed by atoms with Crippen LogP contribution in [-0.2, 0) is 4.79 Å². The van der Waals surface area contributed by atoms with Crippen molar-refractivity contribution in [2.24, 2.45) is 5.92 Å². The predicted molar refractivity (Wildman–Crippen MR) is 103 cm³/mol. The van der Waals surface area contributed by atoms with Crippen molar-refractivity contribution in [1.29, 1.82) is 0 Å². The highest BCUT2D eigenvalue weighted by molar-refractivity contribution is 6.30. The van der Waals surface area contributed by atoms with E-state index in [9.17, 15) is 4.79 Å². The maximum atomic E-state index is 12.6. The van der Waals surface area contributed by atoms with E-state index in [1.807, 2.05) is 54.6 Å². The number of carbonyl (C=O) groups excluding carboxylic acids is 1. The van der Waals surface area contributed by atoms with Gasteiger partial charge in [0.2, 0.25) is 5.91 Å². The van der Waals surface area contributed by atoms with Gasteiger partial charge >= 0.3 is 0 Å². The van der Waals surface area contributed by atoms with Crippen LogP contribution in [0.15, 0.2) is 54.6 Å². The molecule has 3 rings (SSSR count). The Bertz CT molecular complexity index is 679. The highest BCUT2D eigenvalue weighted by Crippen LogP contribution is 2.24. The van der Waals surface area contributed by atoms with E-state index in [0.29, 0.717) is 11.6 Å². The molecule has 0 saturated carbocycles. The Kier molecular flexibility index (Phi) is 6.11. The van der Waals surface area contributed by atoms with Crippen LogP contribution >= 0.6 is 11.6 Å². The number of carbonyl (C=O) groups is 1. The molecule has 1 saturated heterocycles. The summed E-state index contributed by atoms with van der Waals surface area (Å²) in [6.07, 6.45) is 2.35. The number of nitrogens with one attached hydrogen (secondary N) is 1. The lowest BCUT2D eigenvalue weighted by atomic mass is 9.98. The first-order valence-electron chi connectivity index (χ1n) is 8.94. The molecule has 0 radical (unpaired) electrons. The van der Waals surface area contributed by atoms with Gasteiger partial charge in [-0.15, -0.1) is 0 Å². The molecule has 1 unspecified atom stereocenters. The fourth-order valence-corrected chi connectivity index (χ4v) is 3.42. The number of hydrogen-bond acceptors (Lipinski definition) is 2. The van der Waals surface area contributed by atoms with E-state index in [0.717, 1.165) is 30.1 Å². The highest BCUT2D eigenvalue weighted by atomic mass is 35.5. The third kappa shape index (κ3) is 5.07. The molecule has 1 atom stereocenters. The molecule has 0 spiro atoms. The maximum Gasteiger partial charge on any atom is 0.234 e. The molecule has 1 aliphatic heterocycles. The standard InChI is InChI=1S/C21H25ClN2O/c1-16-11-13-24(14-12-16)15-20(25)23-21(17-5-3-2-4-6-17)18-7-9-19(22)10-8-18/h2-10,16,21H,11-15H2,1H3,(H,23,25). The number of rotatable bonds is 5. The van der Waals surface area contributed by atoms with Crippen molar-refractivity contribution in [1.82, 2.24) is 10.2 Å². The first-order valence-corrected chi connectivity index (χ1v) is 9.32. The Morgan fingerprint density at radius 1 is 1.08 bits per heavy atom. The number of nitrogens with zero attached hydrogens (tertiary/aromatic N) is 1. The van der Waals surface area contributed by atoms with Crippen molar-refractivity contribution in [3.63, 3.8) is 0 Å². The Labute approximate surface area is 155 Å². The second-order valence-corrected chi connectivity index (χ2v) is 7.36. The Balaban J connectivity index is 1.71. The van der Waals surface area contributed by atoms with Crippen LogP contribution in [0.4, 0.5) is 0 Å². The van der Waals surface area contributed by atoms with E-state index in [1.54, 1.807) is 0 Å². The van der Waals surface area contributed by atoms with Gasteiger partial charge in [-0.3, -0.25) is 9.69 Å². The smallest absolute Gasteiger partial charge is 0.234 e. The molecule has 1 heterocycles. The molecule has 1 N–H and O–H groups in total. The molecule has 1 amide bonds. The van der Waals surface area contributed by atoms with Crippen LogP contribution in [0.5, 0.6) is 0 Å². The second kappa shape index (κ2) is 8.50. The zero-order valence-corrected chi connectivity index (χ0v) is 15.4. The van der Waals surface area contributed by atoms with Crippen molar-refractivity contribution in [3.05, 3.63) is 70.7 Å². The first-order chi connectivity index (χ1) is 12.1. The van der Waals surface area contributed by atoms with Crippen molar-refractivity contribution in [2.45, 2.75) is 25.8 Å². The number of halogens is 1. The van der Waals surface area contributed by atoms with Gasteiger partial charge in [0.15, 0.2) is 0 Å². The van der Waals surface area contributed by atoms with Gasteiger partial charge in [-0.2, -0.15) is 0 Å². The zero-order chi connectivity index (χ0) is 17.6. The van der Waals surface area contributed by atoms with Gasteiger partial charge in [0.25, 0.3) is 0 Å². The third-order valence-corrected chi connectivity index (χ3v) is 5.14. The fraction of sp³-hybridized carbons (Fsp3) is 0.381. The molecule has 1 fully saturated rings. The third-order valence-electron chi connectivity index (χ3n) is 4.89. The first kappa shape index (κ1) is 18.0. The SMILES string of the molecule is CC1CCN(CC(=O)NC(c2ccccc2)c2ccc(Cl)cc2)CC1. The van der Waals surface area contributed by atoms with Crippen LogP contribution in [-0.4, -0.2) is 30.4 Å². The van der Waals surface area contributed by atoms with Crippen molar-refractivity contribution < 1.29 is 4.79 Å². The van der Waals surface area contributed by atoms with E-state index in [-0.39, 0.29) is 11.9 Å². The summed E-state index contributed by atoms with van der Waals surface area (Å²) in [4.78, 5) is 14.9. The van der Waals surface area contributed by atoms with Crippen molar-refractivity contribution in [2.75, 3.05) is 19.6 Å². The highest BCUT2D eigenvalue weighted by Gasteiger charge is 2.21. The molecule has 2 aromatic rings. The summed E-state index contributed by atoms with van der Waals surface area (Å²) < 4.78 is 0. The largest absolute Gasteiger partial charge is 0.344 e. The molecular weight excluding hydrogens is 332 g/mol. The van der Waals surface area contributed by atoms with E-state index in [2.05, 4.69) is 17.1 Å².